The van der Waals surface area contributed by atoms with Crippen molar-refractivity contribution in [3.63, 3.8) is 0 Å². The van der Waals surface area contributed by atoms with Crippen LogP contribution in [0.3, 0.4) is 0 Å². The Labute approximate surface area is 91.4 Å². The van der Waals surface area contributed by atoms with Gasteiger partial charge in [-0.2, -0.15) is 5.26 Å². The lowest BCUT2D eigenvalue weighted by Crippen LogP contribution is -1.78. The number of allylic oxidation sites excluding steroid dienone is 1. The number of rotatable bonds is 1. The molecule has 0 aromatic carbocycles. The summed E-state index contributed by atoms with van der Waals surface area (Å²) in [6.07, 6.45) is 0. The molecule has 0 atom stereocenters. The minimum absolute atomic E-state index is 0.686. The molecule has 0 radical (unpaired) electrons. The van der Waals surface area contributed by atoms with Gasteiger partial charge in [-0.1, -0.05) is 0 Å². The highest BCUT2D eigenvalue weighted by molar-refractivity contribution is 8.25. The predicted molar refractivity (Wildman–Crippen MR) is 60.9 cm³/mol. The first-order valence-corrected chi connectivity index (χ1v) is 6.25. The highest BCUT2D eigenvalue weighted by Gasteiger charge is 2.17. The van der Waals surface area contributed by atoms with Crippen molar-refractivity contribution in [2.24, 2.45) is 0 Å². The van der Waals surface area contributed by atoms with Gasteiger partial charge in [0.25, 0.3) is 0 Å². The number of nitrogens with zero attached hydrogens (tertiary/aromatic N) is 1. The van der Waals surface area contributed by atoms with Gasteiger partial charge in [0.2, 0.25) is 0 Å². The molecule has 0 amide bonds. The van der Waals surface area contributed by atoms with Gasteiger partial charge in [-0.3, -0.25) is 0 Å². The van der Waals surface area contributed by atoms with Crippen LogP contribution in [-0.4, -0.2) is 11.5 Å². The van der Waals surface area contributed by atoms with Gasteiger partial charge in [0.1, 0.15) is 23.2 Å². The number of hydrogen-bond acceptors (Lipinski definition) is 4. The first-order chi connectivity index (χ1) is 6.81. The van der Waals surface area contributed by atoms with Crippen molar-refractivity contribution in [2.45, 2.75) is 6.92 Å². The molecule has 1 aliphatic rings. The summed E-state index contributed by atoms with van der Waals surface area (Å²) in [5.41, 5.74) is 0.686. The smallest absolute Gasteiger partial charge is 0.146 e. The zero-order valence-electron chi connectivity index (χ0n) is 7.74. The maximum atomic E-state index is 9.05. The number of hydrogen-bond donors (Lipinski definition) is 0. The van der Waals surface area contributed by atoms with Crippen LogP contribution < -0.4 is 0 Å². The fourth-order valence-electron chi connectivity index (χ4n) is 1.22. The lowest BCUT2D eigenvalue weighted by Gasteiger charge is -1.97. The average Bonchev–Trinajstić information content (AvgIpc) is 2.79. The molecule has 1 aromatic rings. The summed E-state index contributed by atoms with van der Waals surface area (Å²) in [6, 6.07) is 5.97. The van der Waals surface area contributed by atoms with Crippen LogP contribution in [0.15, 0.2) is 20.8 Å². The standard InChI is InChI=1S/C10H9NOS2/c1-7-2-3-9(12-7)8(6-11)10-13-4-5-14-10/h2-3H,4-5H2,1H3. The Balaban J connectivity index is 2.39. The van der Waals surface area contributed by atoms with Gasteiger partial charge in [-0.15, -0.1) is 23.5 Å². The largest absolute Gasteiger partial charge is 0.461 e. The van der Waals surface area contributed by atoms with Crippen molar-refractivity contribution in [2.75, 3.05) is 11.5 Å². The van der Waals surface area contributed by atoms with Crippen LogP contribution in [-0.2, 0) is 0 Å². The van der Waals surface area contributed by atoms with Gasteiger partial charge in [0, 0.05) is 11.5 Å². The second-order valence-electron chi connectivity index (χ2n) is 2.88. The molecule has 0 unspecified atom stereocenters. The summed E-state index contributed by atoms with van der Waals surface area (Å²) in [4.78, 5) is 0. The van der Waals surface area contributed by atoms with Crippen molar-refractivity contribution >= 4 is 29.1 Å². The maximum absolute atomic E-state index is 9.05. The summed E-state index contributed by atoms with van der Waals surface area (Å²) in [5, 5.41) is 9.05. The highest BCUT2D eigenvalue weighted by atomic mass is 32.2. The molecule has 0 spiro atoms. The minimum Gasteiger partial charge on any atom is -0.461 e. The van der Waals surface area contributed by atoms with Crippen LogP contribution >= 0.6 is 23.5 Å². The van der Waals surface area contributed by atoms with Crippen LogP contribution in [0.4, 0.5) is 0 Å². The zero-order chi connectivity index (χ0) is 9.97. The van der Waals surface area contributed by atoms with Crippen LogP contribution in [0.5, 0.6) is 0 Å². The number of aryl methyl sites for hydroxylation is 1. The summed E-state index contributed by atoms with van der Waals surface area (Å²) in [7, 11) is 0. The second-order valence-corrected chi connectivity index (χ2v) is 5.35. The average molecular weight is 223 g/mol. The van der Waals surface area contributed by atoms with Crippen molar-refractivity contribution in [1.82, 2.24) is 0 Å². The van der Waals surface area contributed by atoms with E-state index in [0.29, 0.717) is 11.3 Å². The topological polar surface area (TPSA) is 36.9 Å². The third-order valence-electron chi connectivity index (χ3n) is 1.85. The molecule has 1 fully saturated rings. The molecule has 14 heavy (non-hydrogen) atoms. The first-order valence-electron chi connectivity index (χ1n) is 4.28. The molecular weight excluding hydrogens is 214 g/mol. The molecule has 0 aliphatic carbocycles. The molecular formula is C10H9NOS2. The van der Waals surface area contributed by atoms with Crippen LogP contribution in [0.1, 0.15) is 11.5 Å². The summed E-state index contributed by atoms with van der Waals surface area (Å²) >= 11 is 3.48. The van der Waals surface area contributed by atoms with E-state index in [1.54, 1.807) is 23.5 Å². The van der Waals surface area contributed by atoms with Crippen LogP contribution in [0.25, 0.3) is 5.57 Å². The molecule has 0 N–H and O–H groups in total. The Morgan fingerprint density at radius 3 is 2.64 bits per heavy atom. The van der Waals surface area contributed by atoms with Crippen molar-refractivity contribution in [3.8, 4) is 6.07 Å². The highest BCUT2D eigenvalue weighted by Crippen LogP contribution is 2.41. The summed E-state index contributed by atoms with van der Waals surface area (Å²) < 4.78 is 6.54. The van der Waals surface area contributed by atoms with Gasteiger partial charge in [0.05, 0.1) is 4.24 Å². The van der Waals surface area contributed by atoms with E-state index in [0.717, 1.165) is 21.5 Å². The van der Waals surface area contributed by atoms with E-state index in [-0.39, 0.29) is 0 Å². The molecule has 2 heterocycles. The number of furan rings is 1. The zero-order valence-corrected chi connectivity index (χ0v) is 9.37. The third kappa shape index (κ3) is 1.84. The SMILES string of the molecule is Cc1ccc(C(C#N)=C2SCCS2)o1. The number of thioether (sulfide) groups is 2. The van der Waals surface area contributed by atoms with E-state index in [1.165, 1.54) is 0 Å². The van der Waals surface area contributed by atoms with E-state index in [4.69, 9.17) is 9.68 Å². The van der Waals surface area contributed by atoms with Crippen LogP contribution in [0, 0.1) is 18.3 Å². The lowest BCUT2D eigenvalue weighted by atomic mass is 10.2. The Hall–Kier alpha value is -0.790. The molecule has 2 rings (SSSR count). The fourth-order valence-corrected chi connectivity index (χ4v) is 3.68. The normalized spacial score (nSPS) is 15.6. The van der Waals surface area contributed by atoms with Crippen molar-refractivity contribution in [3.05, 3.63) is 27.9 Å². The monoisotopic (exact) mass is 223 g/mol. The van der Waals surface area contributed by atoms with Crippen molar-refractivity contribution < 1.29 is 4.42 Å². The number of nitriles is 1. The predicted octanol–water partition coefficient (Wildman–Crippen LogP) is 3.26. The van der Waals surface area contributed by atoms with Gasteiger partial charge in [-0.05, 0) is 19.1 Å². The van der Waals surface area contributed by atoms with E-state index >= 15 is 0 Å². The Morgan fingerprint density at radius 2 is 2.14 bits per heavy atom. The van der Waals surface area contributed by atoms with E-state index in [2.05, 4.69) is 6.07 Å². The quantitative estimate of drug-likeness (QED) is 0.685. The molecule has 0 bridgehead atoms. The van der Waals surface area contributed by atoms with E-state index < -0.39 is 0 Å². The van der Waals surface area contributed by atoms with Gasteiger partial charge in [0.15, 0.2) is 0 Å². The van der Waals surface area contributed by atoms with Crippen molar-refractivity contribution in [1.29, 1.82) is 5.26 Å². The minimum atomic E-state index is 0.686. The Morgan fingerprint density at radius 1 is 1.43 bits per heavy atom. The molecule has 0 saturated carbocycles. The molecule has 2 nitrogen and oxygen atoms in total. The Kier molecular flexibility index (Phi) is 2.90. The van der Waals surface area contributed by atoms with Gasteiger partial charge in [-0.25, -0.2) is 0 Å². The molecule has 4 heteroatoms. The molecule has 1 aromatic heterocycles. The van der Waals surface area contributed by atoms with Gasteiger partial charge >= 0.3 is 0 Å². The van der Waals surface area contributed by atoms with Gasteiger partial charge < -0.3 is 4.42 Å². The van der Waals surface area contributed by atoms with Crippen LogP contribution in [0.2, 0.25) is 0 Å². The summed E-state index contributed by atoms with van der Waals surface area (Å²) in [5.74, 6) is 3.72. The molecule has 1 aliphatic heterocycles. The summed E-state index contributed by atoms with van der Waals surface area (Å²) in [6.45, 7) is 1.89. The molecule has 72 valence electrons. The first kappa shape index (κ1) is 9.75. The fraction of sp³-hybridized carbons (Fsp3) is 0.300. The lowest BCUT2D eigenvalue weighted by molar-refractivity contribution is 0.523. The third-order valence-corrected chi connectivity index (χ3v) is 4.57. The van der Waals surface area contributed by atoms with E-state index in [9.17, 15) is 0 Å². The maximum Gasteiger partial charge on any atom is 0.146 e. The Bertz CT molecular complexity index is 406. The van der Waals surface area contributed by atoms with E-state index in [1.807, 2.05) is 19.1 Å². The molecule has 1 saturated heterocycles. The second kappa shape index (κ2) is 4.16.